The standard InChI is InChI=1S/C22H20O4/c1-24-20-11-7-6-10-18(20)19-12-17(14-23)13-21(25-2)22(19)26-15-16-8-4-3-5-9-16/h3-14H,15H2,1-2H3. The minimum atomic E-state index is 0.389. The molecule has 26 heavy (non-hydrogen) atoms. The summed E-state index contributed by atoms with van der Waals surface area (Å²) < 4.78 is 17.1. The highest BCUT2D eigenvalue weighted by Gasteiger charge is 2.18. The maximum atomic E-state index is 11.4. The first-order valence-corrected chi connectivity index (χ1v) is 8.24. The highest BCUT2D eigenvalue weighted by Crippen LogP contribution is 2.43. The van der Waals surface area contributed by atoms with Gasteiger partial charge in [-0.1, -0.05) is 48.5 Å². The maximum absolute atomic E-state index is 11.4. The molecule has 0 aliphatic heterocycles. The Bertz CT molecular complexity index is 888. The molecular weight excluding hydrogens is 328 g/mol. The van der Waals surface area contributed by atoms with Crippen molar-refractivity contribution in [2.45, 2.75) is 6.61 Å². The van der Waals surface area contributed by atoms with E-state index < -0.39 is 0 Å². The van der Waals surface area contributed by atoms with E-state index >= 15 is 0 Å². The van der Waals surface area contributed by atoms with Gasteiger partial charge in [-0.25, -0.2) is 0 Å². The number of hydrogen-bond donors (Lipinski definition) is 0. The lowest BCUT2D eigenvalue weighted by Crippen LogP contribution is -2.01. The molecule has 0 saturated heterocycles. The van der Waals surface area contributed by atoms with Gasteiger partial charge in [0.25, 0.3) is 0 Å². The Hall–Kier alpha value is -3.27. The van der Waals surface area contributed by atoms with E-state index in [1.165, 1.54) is 0 Å². The summed E-state index contributed by atoms with van der Waals surface area (Å²) in [7, 11) is 3.18. The van der Waals surface area contributed by atoms with Crippen LogP contribution in [0.15, 0.2) is 66.7 Å². The molecule has 3 rings (SSSR count). The molecule has 4 heteroatoms. The van der Waals surface area contributed by atoms with Crippen molar-refractivity contribution >= 4 is 6.29 Å². The third-order valence-electron chi connectivity index (χ3n) is 4.06. The average molecular weight is 348 g/mol. The van der Waals surface area contributed by atoms with Crippen LogP contribution >= 0.6 is 0 Å². The summed E-state index contributed by atoms with van der Waals surface area (Å²) in [6.07, 6.45) is 0.794. The van der Waals surface area contributed by atoms with E-state index in [0.29, 0.717) is 29.4 Å². The smallest absolute Gasteiger partial charge is 0.169 e. The molecule has 0 saturated carbocycles. The first kappa shape index (κ1) is 17.5. The quantitative estimate of drug-likeness (QED) is 0.577. The van der Waals surface area contributed by atoms with Gasteiger partial charge in [0.1, 0.15) is 18.6 Å². The SMILES string of the molecule is COc1ccccc1-c1cc(C=O)cc(OC)c1OCc1ccccc1. The fourth-order valence-electron chi connectivity index (χ4n) is 2.79. The monoisotopic (exact) mass is 348 g/mol. The zero-order valence-corrected chi connectivity index (χ0v) is 14.8. The van der Waals surface area contributed by atoms with Crippen LogP contribution in [-0.4, -0.2) is 20.5 Å². The zero-order valence-electron chi connectivity index (χ0n) is 14.8. The van der Waals surface area contributed by atoms with Gasteiger partial charge in [-0.15, -0.1) is 0 Å². The summed E-state index contributed by atoms with van der Waals surface area (Å²) in [5, 5.41) is 0. The number of methoxy groups -OCH3 is 2. The number of aldehydes is 1. The highest BCUT2D eigenvalue weighted by molar-refractivity contribution is 5.86. The largest absolute Gasteiger partial charge is 0.496 e. The summed E-state index contributed by atoms with van der Waals surface area (Å²) in [5.41, 5.74) is 3.13. The highest BCUT2D eigenvalue weighted by atomic mass is 16.5. The van der Waals surface area contributed by atoms with Crippen molar-refractivity contribution < 1.29 is 19.0 Å². The molecule has 0 unspecified atom stereocenters. The Morgan fingerprint density at radius 2 is 1.50 bits per heavy atom. The zero-order chi connectivity index (χ0) is 18.4. The third-order valence-corrected chi connectivity index (χ3v) is 4.06. The van der Waals surface area contributed by atoms with E-state index in [0.717, 1.165) is 23.0 Å². The molecular formula is C22H20O4. The third kappa shape index (κ3) is 3.70. The molecule has 0 aromatic heterocycles. The predicted molar refractivity (Wildman–Crippen MR) is 101 cm³/mol. The minimum absolute atomic E-state index is 0.389. The van der Waals surface area contributed by atoms with Crippen molar-refractivity contribution in [3.05, 3.63) is 77.9 Å². The van der Waals surface area contributed by atoms with Crippen molar-refractivity contribution in [2.75, 3.05) is 14.2 Å². The summed E-state index contributed by atoms with van der Waals surface area (Å²) in [5.74, 6) is 1.78. The van der Waals surface area contributed by atoms with Crippen molar-refractivity contribution in [3.63, 3.8) is 0 Å². The van der Waals surface area contributed by atoms with Crippen LogP contribution in [0, 0.1) is 0 Å². The van der Waals surface area contributed by atoms with Crippen molar-refractivity contribution in [1.82, 2.24) is 0 Å². The van der Waals surface area contributed by atoms with Gasteiger partial charge in [-0.3, -0.25) is 4.79 Å². The lowest BCUT2D eigenvalue weighted by Gasteiger charge is -2.18. The normalized spacial score (nSPS) is 10.2. The van der Waals surface area contributed by atoms with Crippen LogP contribution in [-0.2, 0) is 6.61 Å². The second kappa shape index (κ2) is 8.21. The van der Waals surface area contributed by atoms with Crippen LogP contribution in [0.1, 0.15) is 15.9 Å². The molecule has 0 bridgehead atoms. The number of carbonyl (C=O) groups is 1. The van der Waals surface area contributed by atoms with E-state index in [1.807, 2.05) is 54.6 Å². The molecule has 0 atom stereocenters. The number of benzene rings is 3. The number of ether oxygens (including phenoxy) is 3. The van der Waals surface area contributed by atoms with Gasteiger partial charge < -0.3 is 14.2 Å². The molecule has 3 aromatic carbocycles. The van der Waals surface area contributed by atoms with E-state index in [-0.39, 0.29) is 0 Å². The molecule has 0 fully saturated rings. The maximum Gasteiger partial charge on any atom is 0.169 e. The van der Waals surface area contributed by atoms with Gasteiger partial charge in [0, 0.05) is 16.7 Å². The average Bonchev–Trinajstić information content (AvgIpc) is 2.72. The second-order valence-electron chi connectivity index (χ2n) is 5.69. The lowest BCUT2D eigenvalue weighted by molar-refractivity contribution is 0.112. The summed E-state index contributed by atoms with van der Waals surface area (Å²) in [6.45, 7) is 0.389. The van der Waals surface area contributed by atoms with Gasteiger partial charge >= 0.3 is 0 Å². The molecule has 0 spiro atoms. The Balaban J connectivity index is 2.10. The summed E-state index contributed by atoms with van der Waals surface area (Å²) in [6, 6.07) is 21.0. The van der Waals surface area contributed by atoms with Crippen LogP contribution in [0.3, 0.4) is 0 Å². The Kier molecular flexibility index (Phi) is 5.54. The molecule has 0 N–H and O–H groups in total. The van der Waals surface area contributed by atoms with Crippen LogP contribution in [0.25, 0.3) is 11.1 Å². The second-order valence-corrected chi connectivity index (χ2v) is 5.69. The van der Waals surface area contributed by atoms with Gasteiger partial charge in [-0.2, -0.15) is 0 Å². The number of carbonyl (C=O) groups excluding carboxylic acids is 1. The molecule has 0 aliphatic rings. The Morgan fingerprint density at radius 1 is 0.808 bits per heavy atom. The van der Waals surface area contributed by atoms with Crippen molar-refractivity contribution in [3.8, 4) is 28.4 Å². The Labute approximate surface area is 153 Å². The first-order chi connectivity index (χ1) is 12.8. The first-order valence-electron chi connectivity index (χ1n) is 8.24. The topological polar surface area (TPSA) is 44.8 Å². The van der Waals surface area contributed by atoms with Crippen LogP contribution in [0.5, 0.6) is 17.2 Å². The molecule has 3 aromatic rings. The summed E-state index contributed by atoms with van der Waals surface area (Å²) in [4.78, 5) is 11.4. The van der Waals surface area contributed by atoms with Crippen LogP contribution in [0.4, 0.5) is 0 Å². The lowest BCUT2D eigenvalue weighted by atomic mass is 10.0. The molecule has 4 nitrogen and oxygen atoms in total. The van der Waals surface area contributed by atoms with E-state index in [4.69, 9.17) is 14.2 Å². The minimum Gasteiger partial charge on any atom is -0.496 e. The predicted octanol–water partition coefficient (Wildman–Crippen LogP) is 4.76. The van der Waals surface area contributed by atoms with Gasteiger partial charge in [0.2, 0.25) is 0 Å². The number of hydrogen-bond acceptors (Lipinski definition) is 4. The van der Waals surface area contributed by atoms with Gasteiger partial charge in [0.05, 0.1) is 14.2 Å². The summed E-state index contributed by atoms with van der Waals surface area (Å²) >= 11 is 0. The van der Waals surface area contributed by atoms with Crippen molar-refractivity contribution in [1.29, 1.82) is 0 Å². The fourth-order valence-corrected chi connectivity index (χ4v) is 2.79. The molecule has 0 aliphatic carbocycles. The van der Waals surface area contributed by atoms with Crippen molar-refractivity contribution in [2.24, 2.45) is 0 Å². The fraction of sp³-hybridized carbons (Fsp3) is 0.136. The van der Waals surface area contributed by atoms with E-state index in [2.05, 4.69) is 0 Å². The molecule has 0 amide bonds. The molecule has 132 valence electrons. The van der Waals surface area contributed by atoms with E-state index in [1.54, 1.807) is 26.4 Å². The number of rotatable bonds is 7. The van der Waals surface area contributed by atoms with Gasteiger partial charge in [0.15, 0.2) is 11.5 Å². The van der Waals surface area contributed by atoms with Crippen LogP contribution < -0.4 is 14.2 Å². The van der Waals surface area contributed by atoms with E-state index in [9.17, 15) is 4.79 Å². The van der Waals surface area contributed by atoms with Crippen LogP contribution in [0.2, 0.25) is 0 Å². The molecule has 0 radical (unpaired) electrons. The Morgan fingerprint density at radius 3 is 2.19 bits per heavy atom. The number of para-hydroxylation sites is 1. The molecule has 0 heterocycles. The van der Waals surface area contributed by atoms with Gasteiger partial charge in [-0.05, 0) is 23.8 Å².